The fourth-order valence-corrected chi connectivity index (χ4v) is 2.58. The summed E-state index contributed by atoms with van der Waals surface area (Å²) in [6, 6.07) is 7.69. The van der Waals surface area contributed by atoms with E-state index in [1.54, 1.807) is 11.7 Å². The van der Waals surface area contributed by atoms with E-state index in [0.29, 0.717) is 15.9 Å². The highest BCUT2D eigenvalue weighted by molar-refractivity contribution is 9.10. The van der Waals surface area contributed by atoms with Gasteiger partial charge >= 0.3 is 0 Å². The second-order valence-electron chi connectivity index (χ2n) is 3.81. The van der Waals surface area contributed by atoms with Crippen LogP contribution in [0.2, 0.25) is 0 Å². The molecule has 3 rings (SSSR count). The molecule has 2 heterocycles. The predicted octanol–water partition coefficient (Wildman–Crippen LogP) is 2.45. The standard InChI is InChI=1S/C12H8BrN3O2/c1-16-12(11(13)8(5-14)15-16)7-2-3-9-10(4-7)18-6-17-9/h2-4H,6H2,1H3. The van der Waals surface area contributed by atoms with Crippen molar-refractivity contribution in [2.45, 2.75) is 0 Å². The molecule has 18 heavy (non-hydrogen) atoms. The quantitative estimate of drug-likeness (QED) is 0.812. The first-order chi connectivity index (χ1) is 8.70. The van der Waals surface area contributed by atoms with Gasteiger partial charge in [0.1, 0.15) is 6.07 Å². The zero-order chi connectivity index (χ0) is 12.7. The maximum atomic E-state index is 8.96. The number of nitrogens with zero attached hydrogens (tertiary/aromatic N) is 3. The summed E-state index contributed by atoms with van der Waals surface area (Å²) in [7, 11) is 1.80. The number of hydrogen-bond acceptors (Lipinski definition) is 4. The van der Waals surface area contributed by atoms with Crippen molar-refractivity contribution in [3.8, 4) is 28.8 Å². The summed E-state index contributed by atoms with van der Waals surface area (Å²) in [6.45, 7) is 0.245. The number of aryl methyl sites for hydroxylation is 1. The molecule has 0 amide bonds. The Hall–Kier alpha value is -2.00. The largest absolute Gasteiger partial charge is 0.454 e. The molecule has 0 radical (unpaired) electrons. The van der Waals surface area contributed by atoms with Crippen molar-refractivity contribution >= 4 is 15.9 Å². The third-order valence-corrected chi connectivity index (χ3v) is 3.49. The van der Waals surface area contributed by atoms with Crippen molar-refractivity contribution in [1.29, 1.82) is 5.26 Å². The third-order valence-electron chi connectivity index (χ3n) is 2.74. The van der Waals surface area contributed by atoms with Crippen LogP contribution in [0.15, 0.2) is 22.7 Å². The minimum absolute atomic E-state index is 0.245. The van der Waals surface area contributed by atoms with Crippen molar-refractivity contribution in [2.75, 3.05) is 6.79 Å². The molecule has 5 nitrogen and oxygen atoms in total. The summed E-state index contributed by atoms with van der Waals surface area (Å²) in [5.41, 5.74) is 2.12. The van der Waals surface area contributed by atoms with Gasteiger partial charge in [0.25, 0.3) is 0 Å². The molecule has 0 atom stereocenters. The first-order valence-corrected chi connectivity index (χ1v) is 6.02. The number of hydrogen-bond donors (Lipinski definition) is 0. The minimum atomic E-state index is 0.245. The summed E-state index contributed by atoms with van der Waals surface area (Å²) < 4.78 is 13.0. The van der Waals surface area contributed by atoms with Gasteiger partial charge in [-0.05, 0) is 34.1 Å². The van der Waals surface area contributed by atoms with Crippen LogP contribution in [0.3, 0.4) is 0 Å². The van der Waals surface area contributed by atoms with Gasteiger partial charge in [0.05, 0.1) is 10.2 Å². The molecule has 0 N–H and O–H groups in total. The van der Waals surface area contributed by atoms with Crippen molar-refractivity contribution in [1.82, 2.24) is 9.78 Å². The van der Waals surface area contributed by atoms with Crippen LogP contribution >= 0.6 is 15.9 Å². The van der Waals surface area contributed by atoms with E-state index < -0.39 is 0 Å². The lowest BCUT2D eigenvalue weighted by molar-refractivity contribution is 0.174. The maximum absolute atomic E-state index is 8.96. The molecule has 0 bridgehead atoms. The van der Waals surface area contributed by atoms with Crippen LogP contribution in [-0.2, 0) is 7.05 Å². The molecule has 1 aliphatic rings. The van der Waals surface area contributed by atoms with Crippen LogP contribution < -0.4 is 9.47 Å². The van der Waals surface area contributed by atoms with Crippen molar-refractivity contribution in [3.05, 3.63) is 28.4 Å². The highest BCUT2D eigenvalue weighted by atomic mass is 79.9. The molecule has 0 unspecified atom stereocenters. The molecule has 1 aromatic heterocycles. The zero-order valence-corrected chi connectivity index (χ0v) is 11.1. The summed E-state index contributed by atoms with van der Waals surface area (Å²) in [5.74, 6) is 1.44. The van der Waals surface area contributed by atoms with E-state index in [1.165, 1.54) is 0 Å². The average Bonchev–Trinajstić information content (AvgIpc) is 2.93. The second-order valence-corrected chi connectivity index (χ2v) is 4.61. The fraction of sp³-hybridized carbons (Fsp3) is 0.167. The van der Waals surface area contributed by atoms with Gasteiger partial charge < -0.3 is 9.47 Å². The molecule has 1 aliphatic heterocycles. The number of fused-ring (bicyclic) bond motifs is 1. The Morgan fingerprint density at radius 1 is 1.39 bits per heavy atom. The SMILES string of the molecule is Cn1nc(C#N)c(Br)c1-c1ccc2c(c1)OCO2. The lowest BCUT2D eigenvalue weighted by Gasteiger charge is -2.04. The normalized spacial score (nSPS) is 12.5. The Morgan fingerprint density at radius 2 is 2.17 bits per heavy atom. The highest BCUT2D eigenvalue weighted by Gasteiger charge is 2.19. The third kappa shape index (κ3) is 1.56. The molecule has 1 aromatic carbocycles. The first-order valence-electron chi connectivity index (χ1n) is 5.23. The molecule has 90 valence electrons. The predicted molar refractivity (Wildman–Crippen MR) is 67.2 cm³/mol. The van der Waals surface area contributed by atoms with Crippen LogP contribution in [0.5, 0.6) is 11.5 Å². The average molecular weight is 306 g/mol. The number of aromatic nitrogens is 2. The molecular weight excluding hydrogens is 298 g/mol. The Bertz CT molecular complexity index is 673. The van der Waals surface area contributed by atoms with E-state index >= 15 is 0 Å². The Kier molecular flexibility index (Phi) is 2.49. The second kappa shape index (κ2) is 4.03. The smallest absolute Gasteiger partial charge is 0.231 e. The number of halogens is 1. The monoisotopic (exact) mass is 305 g/mol. The summed E-state index contributed by atoms with van der Waals surface area (Å²) in [5, 5.41) is 13.1. The molecule has 0 spiro atoms. The van der Waals surface area contributed by atoms with Gasteiger partial charge in [-0.3, -0.25) is 4.68 Å². The van der Waals surface area contributed by atoms with Crippen LogP contribution in [0.25, 0.3) is 11.3 Å². The topological polar surface area (TPSA) is 60.1 Å². The van der Waals surface area contributed by atoms with Gasteiger partial charge in [-0.2, -0.15) is 10.4 Å². The van der Waals surface area contributed by atoms with Crippen LogP contribution in [-0.4, -0.2) is 16.6 Å². The van der Waals surface area contributed by atoms with Crippen LogP contribution in [0.4, 0.5) is 0 Å². The van der Waals surface area contributed by atoms with E-state index in [0.717, 1.165) is 17.0 Å². The molecule has 2 aromatic rings. The van der Waals surface area contributed by atoms with Crippen molar-refractivity contribution in [2.24, 2.45) is 7.05 Å². The molecular formula is C12H8BrN3O2. The lowest BCUT2D eigenvalue weighted by Crippen LogP contribution is -1.94. The van der Waals surface area contributed by atoms with Crippen LogP contribution in [0.1, 0.15) is 5.69 Å². The molecule has 6 heteroatoms. The lowest BCUT2D eigenvalue weighted by atomic mass is 10.1. The minimum Gasteiger partial charge on any atom is -0.454 e. The molecule has 0 aliphatic carbocycles. The number of rotatable bonds is 1. The Balaban J connectivity index is 2.16. The number of nitriles is 1. The summed E-state index contributed by atoms with van der Waals surface area (Å²) >= 11 is 3.40. The number of benzene rings is 1. The van der Waals surface area contributed by atoms with Gasteiger partial charge in [0.2, 0.25) is 6.79 Å². The van der Waals surface area contributed by atoms with Gasteiger partial charge in [-0.1, -0.05) is 0 Å². The Labute approximate surface area is 112 Å². The maximum Gasteiger partial charge on any atom is 0.231 e. The Morgan fingerprint density at radius 3 is 2.89 bits per heavy atom. The first kappa shape index (κ1) is 11.1. The van der Waals surface area contributed by atoms with E-state index in [1.807, 2.05) is 24.3 Å². The summed E-state index contributed by atoms with van der Waals surface area (Å²) in [4.78, 5) is 0. The fourth-order valence-electron chi connectivity index (χ4n) is 1.93. The van der Waals surface area contributed by atoms with Crippen molar-refractivity contribution < 1.29 is 9.47 Å². The number of ether oxygens (including phenoxy) is 2. The van der Waals surface area contributed by atoms with Gasteiger partial charge in [0, 0.05) is 12.6 Å². The van der Waals surface area contributed by atoms with Gasteiger partial charge in [0.15, 0.2) is 17.2 Å². The van der Waals surface area contributed by atoms with Crippen molar-refractivity contribution in [3.63, 3.8) is 0 Å². The molecule has 0 saturated heterocycles. The van der Waals surface area contributed by atoms with E-state index in [4.69, 9.17) is 14.7 Å². The molecule has 0 fully saturated rings. The van der Waals surface area contributed by atoms with Crippen LogP contribution in [0, 0.1) is 11.3 Å². The summed E-state index contributed by atoms with van der Waals surface area (Å²) in [6.07, 6.45) is 0. The van der Waals surface area contributed by atoms with E-state index in [2.05, 4.69) is 21.0 Å². The van der Waals surface area contributed by atoms with Gasteiger partial charge in [-0.25, -0.2) is 0 Å². The highest BCUT2D eigenvalue weighted by Crippen LogP contribution is 2.38. The van der Waals surface area contributed by atoms with Gasteiger partial charge in [-0.15, -0.1) is 0 Å². The molecule has 0 saturated carbocycles. The van der Waals surface area contributed by atoms with E-state index in [9.17, 15) is 0 Å². The zero-order valence-electron chi connectivity index (χ0n) is 9.48. The van der Waals surface area contributed by atoms with E-state index in [-0.39, 0.29) is 6.79 Å².